The predicted molar refractivity (Wildman–Crippen MR) is 103 cm³/mol. The lowest BCUT2D eigenvalue weighted by molar-refractivity contribution is -0.118. The van der Waals surface area contributed by atoms with Crippen LogP contribution in [-0.4, -0.2) is 22.5 Å². The third-order valence-electron chi connectivity index (χ3n) is 5.57. The molecule has 28 heavy (non-hydrogen) atoms. The molecule has 0 radical (unpaired) electrons. The number of aromatic nitrogens is 2. The molecule has 2 N–H and O–H groups in total. The highest BCUT2D eigenvalue weighted by atomic mass is 16.7. The molecule has 0 spiro atoms. The number of aryl methyl sites for hydroxylation is 1. The van der Waals surface area contributed by atoms with Gasteiger partial charge < -0.3 is 19.8 Å². The number of allylic oxidation sites excluding steroid dienone is 2. The summed E-state index contributed by atoms with van der Waals surface area (Å²) < 4.78 is 10.9. The zero-order valence-corrected chi connectivity index (χ0v) is 16.0. The van der Waals surface area contributed by atoms with Crippen molar-refractivity contribution in [2.45, 2.75) is 39.5 Å². The van der Waals surface area contributed by atoms with Gasteiger partial charge in [-0.25, -0.2) is 4.98 Å². The van der Waals surface area contributed by atoms with E-state index in [9.17, 15) is 9.59 Å². The molecule has 0 saturated heterocycles. The van der Waals surface area contributed by atoms with E-state index >= 15 is 0 Å². The van der Waals surface area contributed by atoms with E-state index in [2.05, 4.69) is 29.1 Å². The molecule has 0 amide bonds. The molecule has 0 fully saturated rings. The van der Waals surface area contributed by atoms with Gasteiger partial charge >= 0.3 is 0 Å². The number of fused-ring (bicyclic) bond motifs is 2. The van der Waals surface area contributed by atoms with Crippen LogP contribution in [0.5, 0.6) is 11.5 Å². The Morgan fingerprint density at radius 3 is 2.75 bits per heavy atom. The van der Waals surface area contributed by atoms with E-state index in [4.69, 9.17) is 9.47 Å². The topological polar surface area (TPSA) is 93.3 Å². The molecule has 2 aliphatic heterocycles. The van der Waals surface area contributed by atoms with Crippen LogP contribution >= 0.6 is 0 Å². The molecule has 1 aliphatic carbocycles. The number of hydrogen-bond acceptors (Lipinski definition) is 6. The minimum Gasteiger partial charge on any atom is -0.454 e. The lowest BCUT2D eigenvalue weighted by Crippen LogP contribution is -2.37. The number of carbonyl (C=O) groups excluding carboxylic acids is 1. The summed E-state index contributed by atoms with van der Waals surface area (Å²) in [5.41, 5.74) is 2.42. The number of Topliss-reactive ketones (excluding diaryl/α,β-unsaturated/α-hetero) is 1. The van der Waals surface area contributed by atoms with Crippen LogP contribution < -0.4 is 20.3 Å². The second kappa shape index (κ2) is 5.70. The number of benzene rings is 1. The summed E-state index contributed by atoms with van der Waals surface area (Å²) in [6.45, 7) is 6.08. The van der Waals surface area contributed by atoms with Gasteiger partial charge in [-0.2, -0.15) is 0 Å². The number of nitrogens with zero attached hydrogens (tertiary/aromatic N) is 1. The van der Waals surface area contributed by atoms with E-state index in [0.717, 1.165) is 17.7 Å². The van der Waals surface area contributed by atoms with Gasteiger partial charge in [0.25, 0.3) is 5.56 Å². The zero-order chi connectivity index (χ0) is 19.6. The minimum atomic E-state index is -0.485. The smallest absolute Gasteiger partial charge is 0.257 e. The number of H-pyrrole nitrogens is 1. The van der Waals surface area contributed by atoms with Crippen molar-refractivity contribution in [1.29, 1.82) is 0 Å². The Morgan fingerprint density at radius 1 is 1.14 bits per heavy atom. The number of rotatable bonds is 1. The van der Waals surface area contributed by atoms with Crippen molar-refractivity contribution in [1.82, 2.24) is 9.97 Å². The van der Waals surface area contributed by atoms with Crippen molar-refractivity contribution in [2.75, 3.05) is 12.1 Å². The molecule has 3 heterocycles. The van der Waals surface area contributed by atoms with Gasteiger partial charge in [-0.3, -0.25) is 9.59 Å². The lowest BCUT2D eigenvalue weighted by atomic mass is 9.69. The van der Waals surface area contributed by atoms with E-state index in [1.807, 2.05) is 18.2 Å². The molecule has 144 valence electrons. The Labute approximate surface area is 161 Å². The Morgan fingerprint density at radius 2 is 1.93 bits per heavy atom. The average molecular weight is 379 g/mol. The van der Waals surface area contributed by atoms with Crippen molar-refractivity contribution in [2.24, 2.45) is 5.41 Å². The fraction of sp³-hybridized carbons (Fsp3) is 0.381. The largest absolute Gasteiger partial charge is 0.454 e. The van der Waals surface area contributed by atoms with Crippen molar-refractivity contribution in [3.63, 3.8) is 0 Å². The highest BCUT2D eigenvalue weighted by Crippen LogP contribution is 2.48. The first-order valence-corrected chi connectivity index (χ1v) is 9.36. The molecular formula is C21H21N3O4. The highest BCUT2D eigenvalue weighted by molar-refractivity contribution is 6.01. The average Bonchev–Trinajstić information content (AvgIpc) is 3.06. The third kappa shape index (κ3) is 2.53. The summed E-state index contributed by atoms with van der Waals surface area (Å²) in [6, 6.07) is 5.58. The number of hydrogen-bond donors (Lipinski definition) is 2. The molecule has 7 heteroatoms. The highest BCUT2D eigenvalue weighted by Gasteiger charge is 2.42. The summed E-state index contributed by atoms with van der Waals surface area (Å²) in [5, 5.41) is 3.29. The summed E-state index contributed by atoms with van der Waals surface area (Å²) in [6.07, 6.45) is 1.17. The van der Waals surface area contributed by atoms with Gasteiger partial charge in [-0.1, -0.05) is 19.9 Å². The van der Waals surface area contributed by atoms with Crippen molar-refractivity contribution in [3.05, 3.63) is 56.8 Å². The van der Waals surface area contributed by atoms with E-state index in [1.54, 1.807) is 6.92 Å². The van der Waals surface area contributed by atoms with E-state index < -0.39 is 5.92 Å². The fourth-order valence-electron chi connectivity index (χ4n) is 4.45. The molecule has 3 aliphatic rings. The summed E-state index contributed by atoms with van der Waals surface area (Å²) in [4.78, 5) is 33.3. The maximum Gasteiger partial charge on any atom is 0.257 e. The number of nitrogens with one attached hydrogen (secondary N) is 2. The number of aromatic amines is 1. The molecule has 1 unspecified atom stereocenters. The minimum absolute atomic E-state index is 0.0621. The van der Waals surface area contributed by atoms with Crippen LogP contribution in [-0.2, 0) is 4.79 Å². The number of anilines is 1. The second-order valence-corrected chi connectivity index (χ2v) is 8.42. The van der Waals surface area contributed by atoms with Gasteiger partial charge in [0.05, 0.1) is 5.56 Å². The summed E-state index contributed by atoms with van der Waals surface area (Å²) >= 11 is 0. The first-order valence-electron chi connectivity index (χ1n) is 9.36. The monoisotopic (exact) mass is 379 g/mol. The molecule has 5 rings (SSSR count). The molecule has 1 aromatic carbocycles. The van der Waals surface area contributed by atoms with Crippen LogP contribution in [0, 0.1) is 12.3 Å². The molecule has 7 nitrogen and oxygen atoms in total. The number of ketones is 1. The van der Waals surface area contributed by atoms with Gasteiger partial charge in [0.15, 0.2) is 17.3 Å². The fourth-order valence-corrected chi connectivity index (χ4v) is 4.45. The Hall–Kier alpha value is -3.09. The Balaban J connectivity index is 1.76. The summed E-state index contributed by atoms with van der Waals surface area (Å²) in [7, 11) is 0. The van der Waals surface area contributed by atoms with E-state index in [0.29, 0.717) is 40.7 Å². The van der Waals surface area contributed by atoms with Crippen LogP contribution in [0.15, 0.2) is 34.3 Å². The molecular weight excluding hydrogens is 358 g/mol. The van der Waals surface area contributed by atoms with Crippen molar-refractivity contribution >= 4 is 11.6 Å². The number of carbonyl (C=O) groups is 1. The maximum absolute atomic E-state index is 13.2. The standard InChI is InChI=1S/C21H21N3O4/c1-10-22-19-18(20(26)23-10)16(11-4-5-14-15(6-11)28-9-27-14)17-12(24-19)7-21(2,3)8-13(17)25/h4-6,16H,7-9H2,1-3H3,(H2,22,23,24,26). The second-order valence-electron chi connectivity index (χ2n) is 8.42. The van der Waals surface area contributed by atoms with Crippen LogP contribution in [0.3, 0.4) is 0 Å². The predicted octanol–water partition coefficient (Wildman–Crippen LogP) is 3.01. The Bertz CT molecular complexity index is 1110. The quantitative estimate of drug-likeness (QED) is 0.791. The van der Waals surface area contributed by atoms with Crippen LogP contribution in [0.2, 0.25) is 0 Å². The van der Waals surface area contributed by atoms with Crippen LogP contribution in [0.1, 0.15) is 49.6 Å². The zero-order valence-electron chi connectivity index (χ0n) is 16.0. The SMILES string of the molecule is Cc1nc2c(c(=O)[nH]1)C(c1ccc3c(c1)OCO3)C1=C(CC(C)(C)CC1=O)N2. The van der Waals surface area contributed by atoms with Crippen molar-refractivity contribution in [3.8, 4) is 11.5 Å². The van der Waals surface area contributed by atoms with E-state index in [-0.39, 0.29) is 23.6 Å². The molecule has 1 atom stereocenters. The van der Waals surface area contributed by atoms with Crippen LogP contribution in [0.25, 0.3) is 0 Å². The maximum atomic E-state index is 13.2. The van der Waals surface area contributed by atoms with Gasteiger partial charge in [-0.05, 0) is 36.5 Å². The van der Waals surface area contributed by atoms with E-state index in [1.165, 1.54) is 0 Å². The normalized spacial score (nSPS) is 21.8. The van der Waals surface area contributed by atoms with Crippen LogP contribution in [0.4, 0.5) is 5.82 Å². The first kappa shape index (κ1) is 17.0. The molecule has 0 saturated carbocycles. The lowest BCUT2D eigenvalue weighted by Gasteiger charge is -2.38. The summed E-state index contributed by atoms with van der Waals surface area (Å²) in [5.74, 6) is 1.92. The Kier molecular flexibility index (Phi) is 3.47. The van der Waals surface area contributed by atoms with Crippen molar-refractivity contribution < 1.29 is 14.3 Å². The third-order valence-corrected chi connectivity index (χ3v) is 5.57. The molecule has 0 bridgehead atoms. The number of ether oxygens (including phenoxy) is 2. The van der Waals surface area contributed by atoms with Gasteiger partial charge in [0, 0.05) is 23.6 Å². The van der Waals surface area contributed by atoms with Gasteiger partial charge in [0.2, 0.25) is 6.79 Å². The molecule has 1 aromatic heterocycles. The first-order chi connectivity index (χ1) is 13.3. The van der Waals surface area contributed by atoms with Gasteiger partial charge in [0.1, 0.15) is 11.6 Å². The molecule has 2 aromatic rings. The van der Waals surface area contributed by atoms with Gasteiger partial charge in [-0.15, -0.1) is 0 Å².